The van der Waals surface area contributed by atoms with Gasteiger partial charge in [0.15, 0.2) is 0 Å². The van der Waals surface area contributed by atoms with E-state index in [9.17, 15) is 4.79 Å². The van der Waals surface area contributed by atoms with E-state index in [2.05, 4.69) is 5.32 Å². The molecule has 0 aliphatic carbocycles. The summed E-state index contributed by atoms with van der Waals surface area (Å²) < 4.78 is 0. The number of rotatable bonds is 1. The third-order valence-electron chi connectivity index (χ3n) is 2.14. The summed E-state index contributed by atoms with van der Waals surface area (Å²) in [4.78, 5) is 10.8. The molecule has 5 heteroatoms. The van der Waals surface area contributed by atoms with Crippen LogP contribution in [0.3, 0.4) is 0 Å². The summed E-state index contributed by atoms with van der Waals surface area (Å²) in [7, 11) is 0. The van der Waals surface area contributed by atoms with Gasteiger partial charge in [0.05, 0.1) is 0 Å². The number of hydrogen-bond donors (Lipinski definition) is 2. The van der Waals surface area contributed by atoms with Gasteiger partial charge in [0.1, 0.15) is 0 Å². The highest BCUT2D eigenvalue weighted by atomic mass is 35.5. The highest BCUT2D eigenvalue weighted by molar-refractivity contribution is 5.85. The maximum Gasteiger partial charge on any atom is 0.220 e. The van der Waals surface area contributed by atoms with Crippen molar-refractivity contribution in [2.45, 2.75) is 25.8 Å². The van der Waals surface area contributed by atoms with Crippen molar-refractivity contribution < 1.29 is 4.79 Å². The van der Waals surface area contributed by atoms with E-state index >= 15 is 0 Å². The molecule has 1 aliphatic rings. The third kappa shape index (κ3) is 3.61. The van der Waals surface area contributed by atoms with Gasteiger partial charge in [-0.05, 0) is 25.8 Å². The molecule has 0 bridgehead atoms. The molecule has 12 heavy (non-hydrogen) atoms. The minimum atomic E-state index is 0. The highest BCUT2D eigenvalue weighted by Crippen LogP contribution is 2.14. The second-order valence-corrected chi connectivity index (χ2v) is 2.89. The van der Waals surface area contributed by atoms with Crippen molar-refractivity contribution in [2.75, 3.05) is 6.54 Å². The first kappa shape index (κ1) is 14.5. The van der Waals surface area contributed by atoms with Gasteiger partial charge in [-0.15, -0.1) is 24.8 Å². The molecule has 0 aromatic rings. The predicted octanol–water partition coefficient (Wildman–Crippen LogP) is 0.703. The summed E-state index contributed by atoms with van der Waals surface area (Å²) in [6.07, 6.45) is 1.59. The smallest absolute Gasteiger partial charge is 0.220 e. The molecule has 0 aromatic carbocycles. The van der Waals surface area contributed by atoms with E-state index in [4.69, 9.17) is 5.73 Å². The van der Waals surface area contributed by atoms with Crippen molar-refractivity contribution in [2.24, 2.45) is 11.7 Å². The molecule has 1 amide bonds. The Labute approximate surface area is 85.3 Å². The third-order valence-corrected chi connectivity index (χ3v) is 2.14. The number of nitrogens with one attached hydrogen (secondary N) is 1. The van der Waals surface area contributed by atoms with Gasteiger partial charge in [-0.3, -0.25) is 4.79 Å². The van der Waals surface area contributed by atoms with Crippen LogP contribution in [0.4, 0.5) is 0 Å². The van der Waals surface area contributed by atoms with E-state index in [-0.39, 0.29) is 36.8 Å². The SMILES string of the molecule is CC1NC(=O)CCC1CN.Cl.Cl. The van der Waals surface area contributed by atoms with Crippen molar-refractivity contribution in [1.29, 1.82) is 0 Å². The lowest BCUT2D eigenvalue weighted by Gasteiger charge is -2.28. The van der Waals surface area contributed by atoms with Gasteiger partial charge in [-0.2, -0.15) is 0 Å². The molecule has 2 unspecified atom stereocenters. The molecule has 0 aromatic heterocycles. The van der Waals surface area contributed by atoms with E-state index in [0.717, 1.165) is 6.42 Å². The topological polar surface area (TPSA) is 55.1 Å². The molecule has 0 radical (unpaired) electrons. The zero-order valence-electron chi connectivity index (χ0n) is 7.08. The van der Waals surface area contributed by atoms with Gasteiger partial charge >= 0.3 is 0 Å². The van der Waals surface area contributed by atoms with E-state index in [1.807, 2.05) is 6.92 Å². The number of amides is 1. The number of hydrogen-bond acceptors (Lipinski definition) is 2. The van der Waals surface area contributed by atoms with Crippen molar-refractivity contribution in [3.05, 3.63) is 0 Å². The molecule has 0 saturated carbocycles. The Morgan fingerprint density at radius 3 is 2.58 bits per heavy atom. The van der Waals surface area contributed by atoms with Crippen LogP contribution in [0.5, 0.6) is 0 Å². The van der Waals surface area contributed by atoms with Gasteiger partial charge in [0.2, 0.25) is 5.91 Å². The second kappa shape index (κ2) is 6.52. The van der Waals surface area contributed by atoms with Crippen LogP contribution in [0, 0.1) is 5.92 Å². The zero-order chi connectivity index (χ0) is 7.56. The van der Waals surface area contributed by atoms with Crippen molar-refractivity contribution in [3.63, 3.8) is 0 Å². The van der Waals surface area contributed by atoms with Crippen LogP contribution in [0.15, 0.2) is 0 Å². The molecule has 1 aliphatic heterocycles. The van der Waals surface area contributed by atoms with Gasteiger partial charge in [0, 0.05) is 12.5 Å². The Hall–Kier alpha value is 0.01000. The number of carbonyl (C=O) groups excluding carboxylic acids is 1. The highest BCUT2D eigenvalue weighted by Gasteiger charge is 2.23. The van der Waals surface area contributed by atoms with Crippen LogP contribution in [0.1, 0.15) is 19.8 Å². The summed E-state index contributed by atoms with van der Waals surface area (Å²) in [6.45, 7) is 2.69. The first-order valence-electron chi connectivity index (χ1n) is 3.73. The molecular weight excluding hydrogens is 199 g/mol. The maximum atomic E-state index is 10.8. The lowest BCUT2D eigenvalue weighted by atomic mass is 9.92. The summed E-state index contributed by atoms with van der Waals surface area (Å²) in [5.41, 5.74) is 5.49. The Morgan fingerprint density at radius 1 is 1.58 bits per heavy atom. The molecule has 3 N–H and O–H groups in total. The van der Waals surface area contributed by atoms with E-state index in [1.54, 1.807) is 0 Å². The molecule has 2 atom stereocenters. The summed E-state index contributed by atoms with van der Waals surface area (Å²) in [6, 6.07) is 0.270. The Kier molecular flexibility index (Phi) is 7.89. The average Bonchev–Trinajstić information content (AvgIpc) is 1.88. The Bertz CT molecular complexity index is 143. The van der Waals surface area contributed by atoms with E-state index in [0.29, 0.717) is 18.9 Å². The lowest BCUT2D eigenvalue weighted by Crippen LogP contribution is -2.45. The minimum absolute atomic E-state index is 0. The normalized spacial score (nSPS) is 28.0. The lowest BCUT2D eigenvalue weighted by molar-refractivity contribution is -0.124. The minimum Gasteiger partial charge on any atom is -0.353 e. The predicted molar refractivity (Wildman–Crippen MR) is 53.9 cm³/mol. The Balaban J connectivity index is 0. The van der Waals surface area contributed by atoms with Gasteiger partial charge in [-0.25, -0.2) is 0 Å². The largest absolute Gasteiger partial charge is 0.353 e. The van der Waals surface area contributed by atoms with Crippen LogP contribution in [0.25, 0.3) is 0 Å². The standard InChI is InChI=1S/C7H14N2O.2ClH/c1-5-6(4-8)2-3-7(10)9-5;;/h5-6H,2-4,8H2,1H3,(H,9,10);2*1H. The second-order valence-electron chi connectivity index (χ2n) is 2.89. The van der Waals surface area contributed by atoms with E-state index < -0.39 is 0 Å². The van der Waals surface area contributed by atoms with Gasteiger partial charge < -0.3 is 11.1 Å². The monoisotopic (exact) mass is 214 g/mol. The number of halogens is 2. The van der Waals surface area contributed by atoms with Crippen molar-refractivity contribution in [1.82, 2.24) is 5.32 Å². The van der Waals surface area contributed by atoms with Crippen LogP contribution < -0.4 is 11.1 Å². The quantitative estimate of drug-likeness (QED) is 0.676. The average molecular weight is 215 g/mol. The molecular formula is C7H16Cl2N2O. The Morgan fingerprint density at radius 2 is 2.17 bits per heavy atom. The molecule has 1 saturated heterocycles. The number of carbonyl (C=O) groups is 1. The fraction of sp³-hybridized carbons (Fsp3) is 0.857. The first-order chi connectivity index (χ1) is 4.74. The van der Waals surface area contributed by atoms with Gasteiger partial charge in [-0.1, -0.05) is 0 Å². The van der Waals surface area contributed by atoms with Crippen LogP contribution >= 0.6 is 24.8 Å². The van der Waals surface area contributed by atoms with E-state index in [1.165, 1.54) is 0 Å². The van der Waals surface area contributed by atoms with Crippen LogP contribution in [-0.2, 0) is 4.79 Å². The van der Waals surface area contributed by atoms with Gasteiger partial charge in [0.25, 0.3) is 0 Å². The molecule has 1 rings (SSSR count). The first-order valence-corrected chi connectivity index (χ1v) is 3.73. The van der Waals surface area contributed by atoms with Crippen molar-refractivity contribution in [3.8, 4) is 0 Å². The molecule has 0 spiro atoms. The summed E-state index contributed by atoms with van der Waals surface area (Å²) in [5.74, 6) is 0.648. The fourth-order valence-corrected chi connectivity index (χ4v) is 1.33. The zero-order valence-corrected chi connectivity index (χ0v) is 8.71. The number of piperidine rings is 1. The molecule has 74 valence electrons. The van der Waals surface area contributed by atoms with Crippen molar-refractivity contribution >= 4 is 30.7 Å². The van der Waals surface area contributed by atoms with Crippen LogP contribution in [-0.4, -0.2) is 18.5 Å². The number of nitrogens with two attached hydrogens (primary N) is 1. The molecule has 1 heterocycles. The summed E-state index contributed by atoms with van der Waals surface area (Å²) >= 11 is 0. The van der Waals surface area contributed by atoms with Crippen LogP contribution in [0.2, 0.25) is 0 Å². The molecule has 1 fully saturated rings. The molecule has 3 nitrogen and oxygen atoms in total. The fourth-order valence-electron chi connectivity index (χ4n) is 1.33. The summed E-state index contributed by atoms with van der Waals surface area (Å²) in [5, 5.41) is 2.86. The maximum absolute atomic E-state index is 10.8.